The first kappa shape index (κ1) is 15.5. The second-order valence-corrected chi connectivity index (χ2v) is 6.28. The van der Waals surface area contributed by atoms with Crippen molar-refractivity contribution in [1.82, 2.24) is 5.32 Å². The van der Waals surface area contributed by atoms with Crippen LogP contribution in [-0.4, -0.2) is 7.05 Å². The summed E-state index contributed by atoms with van der Waals surface area (Å²) >= 11 is 7.13. The molecule has 106 valence electrons. The van der Waals surface area contributed by atoms with E-state index in [0.29, 0.717) is 12.6 Å². The van der Waals surface area contributed by atoms with Gasteiger partial charge in [0.05, 0.1) is 0 Å². The third-order valence-corrected chi connectivity index (χ3v) is 4.68. The van der Waals surface area contributed by atoms with E-state index in [1.165, 1.54) is 5.56 Å². The number of ether oxygens (including phenoxy) is 1. The van der Waals surface area contributed by atoms with Crippen LogP contribution in [0.2, 0.25) is 0 Å². The lowest BCUT2D eigenvalue weighted by molar-refractivity contribution is 0.305. The maximum atomic E-state index is 5.84. The van der Waals surface area contributed by atoms with Crippen LogP contribution >= 0.6 is 31.9 Å². The highest BCUT2D eigenvalue weighted by atomic mass is 79.9. The van der Waals surface area contributed by atoms with Crippen molar-refractivity contribution < 1.29 is 4.74 Å². The first-order valence-corrected chi connectivity index (χ1v) is 8.03. The summed E-state index contributed by atoms with van der Waals surface area (Å²) in [5.74, 6) is 0.861. The molecule has 0 aliphatic rings. The van der Waals surface area contributed by atoms with Crippen molar-refractivity contribution in [2.75, 3.05) is 7.05 Å². The minimum atomic E-state index is 0.307. The molecule has 2 aromatic rings. The molecule has 0 saturated carbocycles. The average molecular weight is 399 g/mol. The van der Waals surface area contributed by atoms with Crippen molar-refractivity contribution in [1.29, 1.82) is 0 Å². The molecule has 0 spiro atoms. The fourth-order valence-corrected chi connectivity index (χ4v) is 2.98. The lowest BCUT2D eigenvalue weighted by atomic mass is 10.1. The predicted molar refractivity (Wildman–Crippen MR) is 90.1 cm³/mol. The molecule has 2 nitrogen and oxygen atoms in total. The minimum Gasteiger partial charge on any atom is -0.489 e. The molecule has 0 saturated heterocycles. The molecule has 4 heteroatoms. The number of benzene rings is 2. The van der Waals surface area contributed by atoms with Gasteiger partial charge in [-0.2, -0.15) is 0 Å². The minimum absolute atomic E-state index is 0.307. The van der Waals surface area contributed by atoms with Gasteiger partial charge >= 0.3 is 0 Å². The summed E-state index contributed by atoms with van der Waals surface area (Å²) < 4.78 is 7.97. The Hall–Kier alpha value is -0.840. The third-order valence-electron chi connectivity index (χ3n) is 3.22. The van der Waals surface area contributed by atoms with E-state index in [2.05, 4.69) is 56.2 Å². The zero-order valence-electron chi connectivity index (χ0n) is 11.5. The van der Waals surface area contributed by atoms with E-state index in [1.54, 1.807) is 0 Å². The maximum Gasteiger partial charge on any atom is 0.120 e. The predicted octanol–water partition coefficient (Wildman–Crippen LogP) is 5.07. The first-order valence-electron chi connectivity index (χ1n) is 6.44. The van der Waals surface area contributed by atoms with Crippen LogP contribution in [0.15, 0.2) is 51.4 Å². The summed E-state index contributed by atoms with van der Waals surface area (Å²) in [6, 6.07) is 14.5. The molecule has 2 aromatic carbocycles. The Bertz CT molecular complexity index is 586. The van der Waals surface area contributed by atoms with E-state index >= 15 is 0 Å². The molecule has 20 heavy (non-hydrogen) atoms. The molecular weight excluding hydrogens is 382 g/mol. The number of hydrogen-bond donors (Lipinski definition) is 1. The molecule has 0 fully saturated rings. The van der Waals surface area contributed by atoms with E-state index in [4.69, 9.17) is 4.74 Å². The van der Waals surface area contributed by atoms with Crippen LogP contribution in [0.4, 0.5) is 0 Å². The van der Waals surface area contributed by atoms with Gasteiger partial charge in [-0.1, -0.05) is 56.1 Å². The molecule has 0 amide bonds. The molecule has 0 radical (unpaired) electrons. The molecule has 1 N–H and O–H groups in total. The zero-order valence-corrected chi connectivity index (χ0v) is 14.7. The van der Waals surface area contributed by atoms with Crippen molar-refractivity contribution in [2.45, 2.75) is 19.6 Å². The van der Waals surface area contributed by atoms with Crippen LogP contribution in [0.3, 0.4) is 0 Å². The van der Waals surface area contributed by atoms with Gasteiger partial charge in [-0.25, -0.2) is 0 Å². The quantitative estimate of drug-likeness (QED) is 0.758. The summed E-state index contributed by atoms with van der Waals surface area (Å²) in [5, 5.41) is 3.23. The lowest BCUT2D eigenvalue weighted by Crippen LogP contribution is -2.12. The number of nitrogens with one attached hydrogen (secondary N) is 1. The first-order chi connectivity index (χ1) is 9.61. The van der Waals surface area contributed by atoms with Gasteiger partial charge in [-0.3, -0.25) is 0 Å². The van der Waals surface area contributed by atoms with E-state index in [-0.39, 0.29) is 0 Å². The standard InChI is InChI=1S/C16H17Br2NO/c1-11(19-2)14-8-7-13(9-16(14)18)20-10-12-5-3-4-6-15(12)17/h3-9,11,19H,10H2,1-2H3. The number of halogens is 2. The van der Waals surface area contributed by atoms with Crippen molar-refractivity contribution in [3.05, 3.63) is 62.5 Å². The van der Waals surface area contributed by atoms with Gasteiger partial charge in [-0.15, -0.1) is 0 Å². The Morgan fingerprint density at radius 2 is 1.85 bits per heavy atom. The molecular formula is C16H17Br2NO. The summed E-state index contributed by atoms with van der Waals surface area (Å²) in [6.07, 6.45) is 0. The molecule has 2 rings (SSSR count). The van der Waals surface area contributed by atoms with Crippen LogP contribution in [0.1, 0.15) is 24.1 Å². The van der Waals surface area contributed by atoms with Gasteiger partial charge < -0.3 is 10.1 Å². The van der Waals surface area contributed by atoms with Crippen LogP contribution in [0, 0.1) is 0 Å². The SMILES string of the molecule is CNC(C)c1ccc(OCc2ccccc2Br)cc1Br. The molecule has 0 heterocycles. The van der Waals surface area contributed by atoms with Gasteiger partial charge in [0, 0.05) is 20.6 Å². The molecule has 0 aromatic heterocycles. The fourth-order valence-electron chi connectivity index (χ4n) is 1.88. The van der Waals surface area contributed by atoms with E-state index in [9.17, 15) is 0 Å². The van der Waals surface area contributed by atoms with E-state index in [1.807, 2.05) is 37.4 Å². The summed E-state index contributed by atoms with van der Waals surface area (Å²) in [4.78, 5) is 0. The maximum absolute atomic E-state index is 5.84. The highest BCUT2D eigenvalue weighted by Gasteiger charge is 2.08. The third kappa shape index (κ3) is 3.84. The van der Waals surface area contributed by atoms with E-state index in [0.717, 1.165) is 20.3 Å². The average Bonchev–Trinajstić information content (AvgIpc) is 2.46. The van der Waals surface area contributed by atoms with E-state index < -0.39 is 0 Å². The highest BCUT2D eigenvalue weighted by Crippen LogP contribution is 2.28. The van der Waals surface area contributed by atoms with Crippen molar-refractivity contribution in [3.8, 4) is 5.75 Å². The fraction of sp³-hybridized carbons (Fsp3) is 0.250. The van der Waals surface area contributed by atoms with Crippen molar-refractivity contribution in [3.63, 3.8) is 0 Å². The highest BCUT2D eigenvalue weighted by molar-refractivity contribution is 9.10. The number of hydrogen-bond acceptors (Lipinski definition) is 2. The lowest BCUT2D eigenvalue weighted by Gasteiger charge is -2.14. The van der Waals surface area contributed by atoms with Gasteiger partial charge in [0.15, 0.2) is 0 Å². The van der Waals surface area contributed by atoms with Gasteiger partial charge in [0.25, 0.3) is 0 Å². The van der Waals surface area contributed by atoms with Gasteiger partial charge in [0.2, 0.25) is 0 Å². The Kier molecular flexibility index (Phi) is 5.64. The summed E-state index contributed by atoms with van der Waals surface area (Å²) in [6.45, 7) is 2.68. The molecule has 1 unspecified atom stereocenters. The van der Waals surface area contributed by atoms with Crippen LogP contribution in [-0.2, 0) is 6.61 Å². The molecule has 0 aliphatic heterocycles. The Morgan fingerprint density at radius 1 is 1.10 bits per heavy atom. The Morgan fingerprint density at radius 3 is 2.50 bits per heavy atom. The van der Waals surface area contributed by atoms with Crippen molar-refractivity contribution in [2.24, 2.45) is 0 Å². The Labute approximate surface area is 136 Å². The largest absolute Gasteiger partial charge is 0.489 e. The zero-order chi connectivity index (χ0) is 14.5. The Balaban J connectivity index is 2.08. The summed E-state index contributed by atoms with van der Waals surface area (Å²) in [7, 11) is 1.95. The van der Waals surface area contributed by atoms with Crippen LogP contribution in [0.5, 0.6) is 5.75 Å². The monoisotopic (exact) mass is 397 g/mol. The normalized spacial score (nSPS) is 12.2. The van der Waals surface area contributed by atoms with Crippen LogP contribution < -0.4 is 10.1 Å². The van der Waals surface area contributed by atoms with Crippen LogP contribution in [0.25, 0.3) is 0 Å². The smallest absolute Gasteiger partial charge is 0.120 e. The topological polar surface area (TPSA) is 21.3 Å². The number of rotatable bonds is 5. The second-order valence-electron chi connectivity index (χ2n) is 4.57. The van der Waals surface area contributed by atoms with Gasteiger partial charge in [0.1, 0.15) is 12.4 Å². The second kappa shape index (κ2) is 7.25. The van der Waals surface area contributed by atoms with Gasteiger partial charge in [-0.05, 0) is 37.7 Å². The van der Waals surface area contributed by atoms with Crippen molar-refractivity contribution >= 4 is 31.9 Å². The summed E-state index contributed by atoms with van der Waals surface area (Å²) in [5.41, 5.74) is 2.36. The molecule has 0 bridgehead atoms. The molecule has 0 aliphatic carbocycles. The molecule has 1 atom stereocenters.